The van der Waals surface area contributed by atoms with Gasteiger partial charge in [-0.05, 0) is 44.9 Å². The monoisotopic (exact) mass is 282 g/mol. The lowest BCUT2D eigenvalue weighted by molar-refractivity contribution is 0.0915. The van der Waals surface area contributed by atoms with E-state index >= 15 is 0 Å². The maximum atomic E-state index is 12.2. The van der Waals surface area contributed by atoms with E-state index in [0.717, 1.165) is 36.2 Å². The molecule has 0 aliphatic carbocycles. The molecule has 1 aromatic rings. The van der Waals surface area contributed by atoms with E-state index in [1.807, 2.05) is 26.0 Å². The van der Waals surface area contributed by atoms with E-state index in [9.17, 15) is 4.79 Å². The molecule has 3 nitrogen and oxygen atoms in total. The van der Waals surface area contributed by atoms with Crippen LogP contribution in [0, 0.1) is 19.8 Å². The molecular weight excluding hydrogens is 260 g/mol. The Labute approximate surface area is 121 Å². The molecule has 0 radical (unpaired) electrons. The van der Waals surface area contributed by atoms with E-state index in [1.54, 1.807) is 0 Å². The summed E-state index contributed by atoms with van der Waals surface area (Å²) in [6.07, 6.45) is 1.12. The van der Waals surface area contributed by atoms with Crippen LogP contribution in [0.1, 0.15) is 34.8 Å². The zero-order valence-electron chi connectivity index (χ0n) is 11.8. The van der Waals surface area contributed by atoms with Crippen LogP contribution in [-0.4, -0.2) is 25.0 Å². The summed E-state index contributed by atoms with van der Waals surface area (Å²) in [4.78, 5) is 12.2. The number of aryl methyl sites for hydroxylation is 2. The van der Waals surface area contributed by atoms with Crippen molar-refractivity contribution in [2.45, 2.75) is 33.2 Å². The van der Waals surface area contributed by atoms with Gasteiger partial charge < -0.3 is 10.6 Å². The summed E-state index contributed by atoms with van der Waals surface area (Å²) in [5, 5.41) is 6.47. The Kier molecular flexibility index (Phi) is 5.83. The molecule has 1 aromatic carbocycles. The molecule has 1 aliphatic rings. The number of halogens is 1. The van der Waals surface area contributed by atoms with Crippen LogP contribution in [0.3, 0.4) is 0 Å². The van der Waals surface area contributed by atoms with Crippen molar-refractivity contribution in [1.82, 2.24) is 10.6 Å². The number of rotatable bonds is 2. The average Bonchev–Trinajstić information content (AvgIpc) is 2.31. The Morgan fingerprint density at radius 2 is 1.89 bits per heavy atom. The number of nitrogens with one attached hydrogen (secondary N) is 2. The smallest absolute Gasteiger partial charge is 0.251 e. The lowest BCUT2D eigenvalue weighted by Crippen LogP contribution is -2.50. The van der Waals surface area contributed by atoms with Crippen LogP contribution in [-0.2, 0) is 0 Å². The number of amides is 1. The third-order valence-electron chi connectivity index (χ3n) is 3.63. The van der Waals surface area contributed by atoms with Crippen LogP contribution >= 0.6 is 12.4 Å². The second-order valence-corrected chi connectivity index (χ2v) is 5.43. The molecule has 1 heterocycles. The maximum Gasteiger partial charge on any atom is 0.251 e. The molecule has 1 fully saturated rings. The minimum atomic E-state index is 0. The first-order chi connectivity index (χ1) is 8.56. The molecular formula is C15H23ClN2O. The molecule has 1 aliphatic heterocycles. The summed E-state index contributed by atoms with van der Waals surface area (Å²) in [7, 11) is 0. The standard InChI is InChI=1S/C15H22N2O.ClH/c1-10-6-11(2)8-13(7-10)15(18)17-14-9-16-5-4-12(14)3;/h6-8,12,14,16H,4-5,9H2,1-3H3,(H,17,18);1H. The number of carbonyl (C=O) groups is 1. The van der Waals surface area contributed by atoms with Gasteiger partial charge in [-0.25, -0.2) is 0 Å². The van der Waals surface area contributed by atoms with E-state index in [0.29, 0.717) is 5.92 Å². The van der Waals surface area contributed by atoms with Crippen molar-refractivity contribution in [1.29, 1.82) is 0 Å². The minimum absolute atomic E-state index is 0. The first-order valence-electron chi connectivity index (χ1n) is 6.66. The van der Waals surface area contributed by atoms with Gasteiger partial charge in [0.05, 0.1) is 0 Å². The number of hydrogen-bond acceptors (Lipinski definition) is 2. The van der Waals surface area contributed by atoms with Gasteiger partial charge >= 0.3 is 0 Å². The van der Waals surface area contributed by atoms with E-state index in [2.05, 4.69) is 23.6 Å². The van der Waals surface area contributed by atoms with Crippen LogP contribution in [0.4, 0.5) is 0 Å². The Morgan fingerprint density at radius 3 is 2.47 bits per heavy atom. The van der Waals surface area contributed by atoms with Crippen molar-refractivity contribution in [2.75, 3.05) is 13.1 Å². The number of piperidine rings is 1. The molecule has 2 rings (SSSR count). The van der Waals surface area contributed by atoms with Gasteiger partial charge in [-0.15, -0.1) is 12.4 Å². The van der Waals surface area contributed by atoms with Crippen molar-refractivity contribution in [3.8, 4) is 0 Å². The summed E-state index contributed by atoms with van der Waals surface area (Å²) in [6.45, 7) is 8.17. The third-order valence-corrected chi connectivity index (χ3v) is 3.63. The minimum Gasteiger partial charge on any atom is -0.348 e. The first-order valence-corrected chi connectivity index (χ1v) is 6.66. The quantitative estimate of drug-likeness (QED) is 0.875. The fourth-order valence-electron chi connectivity index (χ4n) is 2.54. The maximum absolute atomic E-state index is 12.2. The van der Waals surface area contributed by atoms with Crippen LogP contribution in [0.25, 0.3) is 0 Å². The fourth-order valence-corrected chi connectivity index (χ4v) is 2.54. The third kappa shape index (κ3) is 4.22. The van der Waals surface area contributed by atoms with Gasteiger partial charge in [-0.2, -0.15) is 0 Å². The SMILES string of the molecule is Cc1cc(C)cc(C(=O)NC2CNCCC2C)c1.Cl. The number of benzene rings is 1. The molecule has 0 spiro atoms. The van der Waals surface area contributed by atoms with Gasteiger partial charge in [-0.1, -0.05) is 24.1 Å². The van der Waals surface area contributed by atoms with Crippen molar-refractivity contribution in [3.05, 3.63) is 34.9 Å². The van der Waals surface area contributed by atoms with Crippen LogP contribution in [0.2, 0.25) is 0 Å². The Balaban J connectivity index is 0.00000180. The van der Waals surface area contributed by atoms with Crippen molar-refractivity contribution in [2.24, 2.45) is 5.92 Å². The van der Waals surface area contributed by atoms with Gasteiger partial charge in [0.2, 0.25) is 0 Å². The van der Waals surface area contributed by atoms with Crippen molar-refractivity contribution >= 4 is 18.3 Å². The highest BCUT2D eigenvalue weighted by atomic mass is 35.5. The summed E-state index contributed by atoms with van der Waals surface area (Å²) >= 11 is 0. The molecule has 106 valence electrons. The highest BCUT2D eigenvalue weighted by Gasteiger charge is 2.23. The van der Waals surface area contributed by atoms with Crippen molar-refractivity contribution in [3.63, 3.8) is 0 Å². The molecule has 0 aromatic heterocycles. The fraction of sp³-hybridized carbons (Fsp3) is 0.533. The largest absolute Gasteiger partial charge is 0.348 e. The molecule has 1 saturated heterocycles. The molecule has 19 heavy (non-hydrogen) atoms. The number of hydrogen-bond donors (Lipinski definition) is 2. The lowest BCUT2D eigenvalue weighted by Gasteiger charge is -2.30. The molecule has 0 bridgehead atoms. The van der Waals surface area contributed by atoms with Gasteiger partial charge in [0.1, 0.15) is 0 Å². The predicted octanol–water partition coefficient (Wildman–Crippen LogP) is 2.45. The zero-order valence-corrected chi connectivity index (χ0v) is 12.6. The second kappa shape index (κ2) is 6.92. The van der Waals surface area contributed by atoms with Gasteiger partial charge in [0, 0.05) is 18.2 Å². The van der Waals surface area contributed by atoms with E-state index < -0.39 is 0 Å². The van der Waals surface area contributed by atoms with Crippen molar-refractivity contribution < 1.29 is 4.79 Å². The summed E-state index contributed by atoms with van der Waals surface area (Å²) in [6, 6.07) is 6.22. The van der Waals surface area contributed by atoms with Crippen LogP contribution < -0.4 is 10.6 Å². The molecule has 2 unspecified atom stereocenters. The zero-order chi connectivity index (χ0) is 13.1. The van der Waals surface area contributed by atoms with Gasteiger partial charge in [-0.3, -0.25) is 4.79 Å². The van der Waals surface area contributed by atoms with Crippen LogP contribution in [0.15, 0.2) is 18.2 Å². The van der Waals surface area contributed by atoms with Gasteiger partial charge in [0.15, 0.2) is 0 Å². The summed E-state index contributed by atoms with van der Waals surface area (Å²) < 4.78 is 0. The normalized spacial score (nSPS) is 22.5. The Morgan fingerprint density at radius 1 is 1.26 bits per heavy atom. The average molecular weight is 283 g/mol. The first kappa shape index (κ1) is 16.0. The lowest BCUT2D eigenvalue weighted by atomic mass is 9.94. The summed E-state index contributed by atoms with van der Waals surface area (Å²) in [5.74, 6) is 0.587. The molecule has 2 atom stereocenters. The van der Waals surface area contributed by atoms with Crippen LogP contribution in [0.5, 0.6) is 0 Å². The summed E-state index contributed by atoms with van der Waals surface area (Å²) in [5.41, 5.74) is 3.04. The second-order valence-electron chi connectivity index (χ2n) is 5.43. The molecule has 4 heteroatoms. The molecule has 0 saturated carbocycles. The highest BCUT2D eigenvalue weighted by molar-refractivity contribution is 5.94. The Bertz CT molecular complexity index is 428. The van der Waals surface area contributed by atoms with Gasteiger partial charge in [0.25, 0.3) is 5.91 Å². The van der Waals surface area contributed by atoms with E-state index in [-0.39, 0.29) is 24.4 Å². The predicted molar refractivity (Wildman–Crippen MR) is 81.1 cm³/mol. The van der Waals surface area contributed by atoms with E-state index in [1.165, 1.54) is 0 Å². The Hall–Kier alpha value is -1.06. The molecule has 2 N–H and O–H groups in total. The topological polar surface area (TPSA) is 41.1 Å². The molecule has 1 amide bonds. The number of carbonyl (C=O) groups excluding carboxylic acids is 1. The highest BCUT2D eigenvalue weighted by Crippen LogP contribution is 2.13. The van der Waals surface area contributed by atoms with E-state index in [4.69, 9.17) is 0 Å².